The summed E-state index contributed by atoms with van der Waals surface area (Å²) < 4.78 is 61.7. The fraction of sp³-hybridized carbons (Fsp3) is 0.500. The molecule has 6 nitrogen and oxygen atoms in total. The summed E-state index contributed by atoms with van der Waals surface area (Å²) in [4.78, 5) is 3.46. The zero-order valence-corrected chi connectivity index (χ0v) is 11.4. The van der Waals surface area contributed by atoms with Gasteiger partial charge in [0.2, 0.25) is 10.0 Å². The van der Waals surface area contributed by atoms with Crippen LogP contribution in [0.3, 0.4) is 0 Å². The molecule has 0 aliphatic heterocycles. The summed E-state index contributed by atoms with van der Waals surface area (Å²) in [6.45, 7) is -3.01. The van der Waals surface area contributed by atoms with Crippen molar-refractivity contribution in [3.05, 3.63) is 18.3 Å². The summed E-state index contributed by atoms with van der Waals surface area (Å²) in [7, 11) is -2.86. The van der Waals surface area contributed by atoms with E-state index in [4.69, 9.17) is 5.11 Å². The summed E-state index contributed by atoms with van der Waals surface area (Å²) in [5.41, 5.74) is 0. The molecular formula is C10H14F3N3O3S. The lowest BCUT2D eigenvalue weighted by Gasteiger charge is -2.22. The Morgan fingerprint density at radius 2 is 2.10 bits per heavy atom. The maximum atomic E-state index is 12.4. The highest BCUT2D eigenvalue weighted by Crippen LogP contribution is 2.23. The maximum Gasteiger partial charge on any atom is 0.402 e. The highest BCUT2D eigenvalue weighted by atomic mass is 32.2. The number of anilines is 1. The van der Waals surface area contributed by atoms with E-state index in [9.17, 15) is 21.6 Å². The number of rotatable bonds is 6. The Kier molecular flexibility index (Phi) is 5.31. The van der Waals surface area contributed by atoms with Crippen molar-refractivity contribution in [1.29, 1.82) is 0 Å². The lowest BCUT2D eigenvalue weighted by molar-refractivity contribution is -0.136. The van der Waals surface area contributed by atoms with Crippen LogP contribution in [0.1, 0.15) is 0 Å². The molecule has 2 N–H and O–H groups in total. The van der Waals surface area contributed by atoms with E-state index in [2.05, 4.69) is 10.3 Å². The van der Waals surface area contributed by atoms with Crippen molar-refractivity contribution in [1.82, 2.24) is 9.29 Å². The number of hydrogen-bond donors (Lipinski definition) is 2. The molecule has 1 rings (SSSR count). The van der Waals surface area contributed by atoms with Crippen molar-refractivity contribution in [2.24, 2.45) is 0 Å². The molecule has 0 saturated carbocycles. The van der Waals surface area contributed by atoms with Crippen molar-refractivity contribution in [3.63, 3.8) is 0 Å². The average Bonchev–Trinajstić information content (AvgIpc) is 2.37. The molecule has 0 aromatic carbocycles. The predicted molar refractivity (Wildman–Crippen MR) is 65.7 cm³/mol. The fourth-order valence-corrected chi connectivity index (χ4v) is 2.88. The SMILES string of the molecule is CNc1cc(S(=O)(=O)N(CCO)CC(F)(F)F)ccn1. The minimum Gasteiger partial charge on any atom is -0.395 e. The summed E-state index contributed by atoms with van der Waals surface area (Å²) in [5, 5.41) is 11.3. The molecule has 0 aliphatic carbocycles. The molecule has 0 radical (unpaired) electrons. The molecule has 10 heteroatoms. The minimum atomic E-state index is -4.69. The van der Waals surface area contributed by atoms with Gasteiger partial charge in [0.05, 0.1) is 11.5 Å². The highest BCUT2D eigenvalue weighted by Gasteiger charge is 2.36. The molecule has 20 heavy (non-hydrogen) atoms. The fourth-order valence-electron chi connectivity index (χ4n) is 1.45. The lowest BCUT2D eigenvalue weighted by atomic mass is 10.5. The molecule has 1 aromatic heterocycles. The van der Waals surface area contributed by atoms with Gasteiger partial charge < -0.3 is 10.4 Å². The summed E-state index contributed by atoms with van der Waals surface area (Å²) in [6, 6.07) is 2.22. The van der Waals surface area contributed by atoms with Crippen LogP contribution < -0.4 is 5.32 Å². The number of aliphatic hydroxyl groups is 1. The second-order valence-electron chi connectivity index (χ2n) is 3.80. The van der Waals surface area contributed by atoms with Crippen LogP contribution in [0.15, 0.2) is 23.2 Å². The smallest absolute Gasteiger partial charge is 0.395 e. The third kappa shape index (κ3) is 4.32. The Hall–Kier alpha value is -1.39. The lowest BCUT2D eigenvalue weighted by Crippen LogP contribution is -2.40. The molecule has 0 aliphatic rings. The Labute approximate surface area is 114 Å². The van der Waals surface area contributed by atoms with Crippen LogP contribution in [0.25, 0.3) is 0 Å². The van der Waals surface area contributed by atoms with Gasteiger partial charge in [0, 0.05) is 25.9 Å². The topological polar surface area (TPSA) is 82.5 Å². The van der Waals surface area contributed by atoms with E-state index in [1.165, 1.54) is 13.2 Å². The quantitative estimate of drug-likeness (QED) is 0.806. The Morgan fingerprint density at radius 1 is 1.45 bits per heavy atom. The van der Waals surface area contributed by atoms with Crippen LogP contribution in [0.2, 0.25) is 0 Å². The molecule has 0 fully saturated rings. The molecule has 1 heterocycles. The van der Waals surface area contributed by atoms with Crippen LogP contribution in [0.5, 0.6) is 0 Å². The third-order valence-electron chi connectivity index (χ3n) is 2.33. The van der Waals surface area contributed by atoms with Crippen molar-refractivity contribution in [3.8, 4) is 0 Å². The zero-order chi connectivity index (χ0) is 15.4. The van der Waals surface area contributed by atoms with Gasteiger partial charge in [0.1, 0.15) is 12.4 Å². The minimum absolute atomic E-state index is 0.182. The van der Waals surface area contributed by atoms with Gasteiger partial charge in [-0.05, 0) is 6.07 Å². The molecule has 1 aromatic rings. The van der Waals surface area contributed by atoms with E-state index in [-0.39, 0.29) is 15.0 Å². The van der Waals surface area contributed by atoms with Crippen molar-refractivity contribution in [2.75, 3.05) is 32.1 Å². The second-order valence-corrected chi connectivity index (χ2v) is 5.74. The van der Waals surface area contributed by atoms with Gasteiger partial charge >= 0.3 is 6.18 Å². The second kappa shape index (κ2) is 6.37. The van der Waals surface area contributed by atoms with E-state index < -0.39 is 35.9 Å². The van der Waals surface area contributed by atoms with E-state index >= 15 is 0 Å². The number of pyridine rings is 1. The van der Waals surface area contributed by atoms with Gasteiger partial charge in [-0.2, -0.15) is 17.5 Å². The van der Waals surface area contributed by atoms with Crippen LogP contribution >= 0.6 is 0 Å². The van der Waals surface area contributed by atoms with Crippen LogP contribution in [0.4, 0.5) is 19.0 Å². The normalized spacial score (nSPS) is 12.7. The van der Waals surface area contributed by atoms with E-state index in [0.29, 0.717) is 0 Å². The monoisotopic (exact) mass is 313 g/mol. The van der Waals surface area contributed by atoms with Gasteiger partial charge in [-0.3, -0.25) is 0 Å². The number of aromatic nitrogens is 1. The number of alkyl halides is 3. The van der Waals surface area contributed by atoms with Gasteiger partial charge in [-0.25, -0.2) is 13.4 Å². The highest BCUT2D eigenvalue weighted by molar-refractivity contribution is 7.89. The molecule has 0 bridgehead atoms. The van der Waals surface area contributed by atoms with Gasteiger partial charge in [-0.15, -0.1) is 0 Å². The average molecular weight is 313 g/mol. The first kappa shape index (κ1) is 16.7. The zero-order valence-electron chi connectivity index (χ0n) is 10.6. The summed E-state index contributed by atoms with van der Waals surface area (Å²) in [5.74, 6) is 0.210. The number of nitrogens with zero attached hydrogens (tertiary/aromatic N) is 2. The predicted octanol–water partition coefficient (Wildman–Crippen LogP) is 0.669. The van der Waals surface area contributed by atoms with Crippen LogP contribution in [-0.2, 0) is 10.0 Å². The molecule has 0 saturated heterocycles. The van der Waals surface area contributed by atoms with Crippen molar-refractivity contribution < 1.29 is 26.7 Å². The molecule has 0 amide bonds. The Balaban J connectivity index is 3.15. The third-order valence-corrected chi connectivity index (χ3v) is 4.17. The molecule has 0 unspecified atom stereocenters. The molecule has 114 valence electrons. The van der Waals surface area contributed by atoms with Crippen molar-refractivity contribution in [2.45, 2.75) is 11.1 Å². The van der Waals surface area contributed by atoms with Crippen LogP contribution in [0, 0.1) is 0 Å². The first-order valence-electron chi connectivity index (χ1n) is 5.52. The standard InChI is InChI=1S/C10H14F3N3O3S/c1-14-9-6-8(2-3-15-9)20(18,19)16(4-5-17)7-10(11,12)13/h2-3,6,17H,4-5,7H2,1H3,(H,14,15). The first-order chi connectivity index (χ1) is 9.20. The number of sulfonamides is 1. The van der Waals surface area contributed by atoms with Crippen LogP contribution in [-0.4, -0.2) is 55.7 Å². The van der Waals surface area contributed by atoms with E-state index in [1.54, 1.807) is 0 Å². The number of hydrogen-bond acceptors (Lipinski definition) is 5. The number of aliphatic hydroxyl groups excluding tert-OH is 1. The molecule has 0 spiro atoms. The largest absolute Gasteiger partial charge is 0.402 e. The molecule has 0 atom stereocenters. The maximum absolute atomic E-state index is 12.4. The van der Waals surface area contributed by atoms with E-state index in [0.717, 1.165) is 12.1 Å². The van der Waals surface area contributed by atoms with Crippen molar-refractivity contribution >= 4 is 15.8 Å². The van der Waals surface area contributed by atoms with Gasteiger partial charge in [-0.1, -0.05) is 0 Å². The molecular weight excluding hydrogens is 299 g/mol. The first-order valence-corrected chi connectivity index (χ1v) is 6.96. The number of halogens is 3. The Bertz CT molecular complexity index is 548. The van der Waals surface area contributed by atoms with Gasteiger partial charge in [0.15, 0.2) is 0 Å². The number of nitrogens with one attached hydrogen (secondary N) is 1. The summed E-state index contributed by atoms with van der Waals surface area (Å²) >= 11 is 0. The Morgan fingerprint density at radius 3 is 2.60 bits per heavy atom. The van der Waals surface area contributed by atoms with E-state index in [1.807, 2.05) is 0 Å². The van der Waals surface area contributed by atoms with Gasteiger partial charge in [0.25, 0.3) is 0 Å². The summed E-state index contributed by atoms with van der Waals surface area (Å²) in [6.07, 6.45) is -3.52.